The molecule has 1 aromatic heterocycles. The summed E-state index contributed by atoms with van der Waals surface area (Å²) in [5.41, 5.74) is 1.37. The number of nitrogens with one attached hydrogen (secondary N) is 1. The van der Waals surface area contributed by atoms with Crippen LogP contribution in [-0.2, 0) is 11.2 Å². The highest BCUT2D eigenvalue weighted by atomic mass is 32.2. The first-order valence-corrected chi connectivity index (χ1v) is 11.2. The monoisotopic (exact) mass is 447 g/mol. The number of fused-ring (bicyclic) bond motifs is 1. The molecule has 5 nitrogen and oxygen atoms in total. The van der Waals surface area contributed by atoms with Gasteiger partial charge >= 0.3 is 0 Å². The van der Waals surface area contributed by atoms with Crippen LogP contribution < -0.4 is 10.9 Å². The summed E-state index contributed by atoms with van der Waals surface area (Å²) in [6.07, 6.45) is 0.720. The molecule has 1 N–H and O–H groups in total. The molecule has 0 bridgehead atoms. The zero-order valence-electron chi connectivity index (χ0n) is 17.5. The van der Waals surface area contributed by atoms with Crippen LogP contribution in [0.15, 0.2) is 88.8 Å². The number of hydrogen-bond donors (Lipinski definition) is 1. The summed E-state index contributed by atoms with van der Waals surface area (Å²) in [6.45, 7) is 2.24. The molecule has 0 aliphatic rings. The second-order valence-electron chi connectivity index (χ2n) is 7.29. The van der Waals surface area contributed by atoms with Crippen molar-refractivity contribution in [3.8, 4) is 5.69 Å². The van der Waals surface area contributed by atoms with Crippen LogP contribution in [0.4, 0.5) is 4.39 Å². The number of amides is 1. The quantitative estimate of drug-likeness (QED) is 0.338. The molecule has 162 valence electrons. The summed E-state index contributed by atoms with van der Waals surface area (Å²) >= 11 is 1.13. The number of rotatable bonds is 7. The molecule has 4 rings (SSSR count). The predicted molar refractivity (Wildman–Crippen MR) is 126 cm³/mol. The van der Waals surface area contributed by atoms with E-state index in [1.807, 2.05) is 30.3 Å². The third-order valence-corrected chi connectivity index (χ3v) is 6.10. The Bertz CT molecular complexity index is 1310. The van der Waals surface area contributed by atoms with Crippen molar-refractivity contribution >= 4 is 28.6 Å². The fraction of sp³-hybridized carbons (Fsp3) is 0.160. The Hall–Kier alpha value is -3.45. The maximum Gasteiger partial charge on any atom is 0.266 e. The fourth-order valence-corrected chi connectivity index (χ4v) is 4.31. The number of halogens is 1. The van der Waals surface area contributed by atoms with Crippen molar-refractivity contribution < 1.29 is 9.18 Å². The van der Waals surface area contributed by atoms with Gasteiger partial charge in [0.1, 0.15) is 5.82 Å². The zero-order valence-corrected chi connectivity index (χ0v) is 18.3. The number of para-hydroxylation sites is 2. The number of hydrogen-bond acceptors (Lipinski definition) is 4. The Morgan fingerprint density at radius 2 is 1.72 bits per heavy atom. The summed E-state index contributed by atoms with van der Waals surface area (Å²) < 4.78 is 15.8. The summed E-state index contributed by atoms with van der Waals surface area (Å²) in [5, 5.41) is 3.05. The molecule has 0 spiro atoms. The first kappa shape index (κ1) is 21.8. The molecule has 1 unspecified atom stereocenters. The van der Waals surface area contributed by atoms with E-state index in [-0.39, 0.29) is 22.3 Å². The maximum absolute atomic E-state index is 14.6. The summed E-state index contributed by atoms with van der Waals surface area (Å²) in [7, 11) is 0. The second kappa shape index (κ2) is 9.78. The van der Waals surface area contributed by atoms with Gasteiger partial charge in [-0.2, -0.15) is 0 Å². The Morgan fingerprint density at radius 1 is 1.03 bits per heavy atom. The Balaban J connectivity index is 1.60. The SMILES string of the molecule is CC(Sc1nc2ccccc2c(=O)n1-c1ccccc1F)C(=O)NCCc1ccccc1. The van der Waals surface area contributed by atoms with Gasteiger partial charge in [-0.05, 0) is 43.2 Å². The zero-order chi connectivity index (χ0) is 22.5. The molecule has 32 heavy (non-hydrogen) atoms. The highest BCUT2D eigenvalue weighted by Gasteiger charge is 2.21. The molecule has 0 saturated heterocycles. The highest BCUT2D eigenvalue weighted by Crippen LogP contribution is 2.26. The van der Waals surface area contributed by atoms with Crippen LogP contribution >= 0.6 is 11.8 Å². The van der Waals surface area contributed by atoms with Crippen molar-refractivity contribution in [2.24, 2.45) is 0 Å². The number of nitrogens with zero attached hydrogens (tertiary/aromatic N) is 2. The van der Waals surface area contributed by atoms with E-state index < -0.39 is 11.1 Å². The molecule has 4 aromatic rings. The molecule has 0 radical (unpaired) electrons. The van der Waals surface area contributed by atoms with Gasteiger partial charge in [0.2, 0.25) is 5.91 Å². The molecule has 3 aromatic carbocycles. The molecule has 1 atom stereocenters. The van der Waals surface area contributed by atoms with E-state index in [1.54, 1.807) is 43.3 Å². The topological polar surface area (TPSA) is 64.0 Å². The third kappa shape index (κ3) is 4.73. The number of benzene rings is 3. The first-order valence-electron chi connectivity index (χ1n) is 10.3. The molecule has 0 fully saturated rings. The minimum absolute atomic E-state index is 0.106. The molecule has 1 amide bonds. The second-order valence-corrected chi connectivity index (χ2v) is 8.60. The fourth-order valence-electron chi connectivity index (χ4n) is 3.37. The maximum atomic E-state index is 14.6. The van der Waals surface area contributed by atoms with Crippen LogP contribution in [-0.4, -0.2) is 27.3 Å². The van der Waals surface area contributed by atoms with Crippen molar-refractivity contribution in [1.29, 1.82) is 0 Å². The normalized spacial score (nSPS) is 11.9. The summed E-state index contributed by atoms with van der Waals surface area (Å²) in [5.74, 6) is -0.707. The van der Waals surface area contributed by atoms with Crippen molar-refractivity contribution in [3.05, 3.63) is 101 Å². The predicted octanol–water partition coefficient (Wildman–Crippen LogP) is 4.36. The lowest BCUT2D eigenvalue weighted by Gasteiger charge is -2.17. The smallest absolute Gasteiger partial charge is 0.266 e. The molecular weight excluding hydrogens is 425 g/mol. The average Bonchev–Trinajstić information content (AvgIpc) is 2.81. The Labute approximate surface area is 189 Å². The van der Waals surface area contributed by atoms with Gasteiger partial charge < -0.3 is 5.32 Å². The standard InChI is InChI=1S/C25H22FN3O2S/c1-17(23(30)27-16-15-18-9-3-2-4-10-18)32-25-28-21-13-7-5-11-19(21)24(31)29(25)22-14-8-6-12-20(22)26/h2-14,17H,15-16H2,1H3,(H,27,30). The molecule has 7 heteroatoms. The van der Waals surface area contributed by atoms with Crippen molar-refractivity contribution in [3.63, 3.8) is 0 Å². The lowest BCUT2D eigenvalue weighted by atomic mass is 10.1. The summed E-state index contributed by atoms with van der Waals surface area (Å²) in [4.78, 5) is 30.5. The minimum atomic E-state index is -0.534. The van der Waals surface area contributed by atoms with Gasteiger partial charge in [0.25, 0.3) is 5.56 Å². The molecule has 0 saturated carbocycles. The minimum Gasteiger partial charge on any atom is -0.355 e. The van der Waals surface area contributed by atoms with Gasteiger partial charge in [0.15, 0.2) is 5.16 Å². The average molecular weight is 448 g/mol. The van der Waals surface area contributed by atoms with Gasteiger partial charge in [-0.1, -0.05) is 66.4 Å². The highest BCUT2D eigenvalue weighted by molar-refractivity contribution is 8.00. The molecule has 0 aliphatic carbocycles. The number of thioether (sulfide) groups is 1. The van der Waals surface area contributed by atoms with Crippen molar-refractivity contribution in [2.45, 2.75) is 23.8 Å². The van der Waals surface area contributed by atoms with Crippen molar-refractivity contribution in [2.75, 3.05) is 6.54 Å². The first-order chi connectivity index (χ1) is 15.5. The van der Waals surface area contributed by atoms with Gasteiger partial charge in [0, 0.05) is 6.54 Å². The van der Waals surface area contributed by atoms with E-state index in [0.717, 1.165) is 23.7 Å². The van der Waals surface area contributed by atoms with Gasteiger partial charge in [0.05, 0.1) is 21.8 Å². The lowest BCUT2D eigenvalue weighted by Crippen LogP contribution is -2.33. The number of carbonyl (C=O) groups excluding carboxylic acids is 1. The molecule has 1 heterocycles. The van der Waals surface area contributed by atoms with Crippen LogP contribution in [0.5, 0.6) is 0 Å². The number of carbonyl (C=O) groups is 1. The number of aromatic nitrogens is 2. The van der Waals surface area contributed by atoms with E-state index in [4.69, 9.17) is 0 Å². The van der Waals surface area contributed by atoms with Crippen LogP contribution in [0.2, 0.25) is 0 Å². The van der Waals surface area contributed by atoms with Crippen LogP contribution in [0.1, 0.15) is 12.5 Å². The molecule has 0 aliphatic heterocycles. The van der Waals surface area contributed by atoms with Crippen LogP contribution in [0.3, 0.4) is 0 Å². The van der Waals surface area contributed by atoms with E-state index in [2.05, 4.69) is 10.3 Å². The van der Waals surface area contributed by atoms with E-state index in [0.29, 0.717) is 17.4 Å². The van der Waals surface area contributed by atoms with Gasteiger partial charge in [-0.25, -0.2) is 9.37 Å². The summed E-state index contributed by atoms with van der Waals surface area (Å²) in [6, 6.07) is 22.9. The van der Waals surface area contributed by atoms with Gasteiger partial charge in [-0.3, -0.25) is 14.2 Å². The van der Waals surface area contributed by atoms with Crippen LogP contribution in [0, 0.1) is 5.82 Å². The van der Waals surface area contributed by atoms with Gasteiger partial charge in [-0.15, -0.1) is 0 Å². The largest absolute Gasteiger partial charge is 0.355 e. The third-order valence-electron chi connectivity index (χ3n) is 5.05. The van der Waals surface area contributed by atoms with E-state index in [1.165, 1.54) is 16.7 Å². The Kier molecular flexibility index (Phi) is 6.66. The lowest BCUT2D eigenvalue weighted by molar-refractivity contribution is -0.120. The van der Waals surface area contributed by atoms with E-state index in [9.17, 15) is 14.0 Å². The van der Waals surface area contributed by atoms with E-state index >= 15 is 0 Å². The molecular formula is C25H22FN3O2S. The van der Waals surface area contributed by atoms with Crippen LogP contribution in [0.25, 0.3) is 16.6 Å². The Morgan fingerprint density at radius 3 is 2.50 bits per heavy atom. The van der Waals surface area contributed by atoms with Crippen molar-refractivity contribution in [1.82, 2.24) is 14.9 Å².